The number of aromatic hydroxyl groups is 1. The van der Waals surface area contributed by atoms with Gasteiger partial charge in [0.05, 0.1) is 16.8 Å². The molecular formula is C26H23N3O3. The molecule has 3 aromatic carbocycles. The summed E-state index contributed by atoms with van der Waals surface area (Å²) in [5, 5.41) is 16.0. The monoisotopic (exact) mass is 425 g/mol. The van der Waals surface area contributed by atoms with Gasteiger partial charge in [-0.05, 0) is 36.8 Å². The van der Waals surface area contributed by atoms with E-state index in [0.29, 0.717) is 30.6 Å². The zero-order chi connectivity index (χ0) is 22.3. The van der Waals surface area contributed by atoms with Gasteiger partial charge in [-0.3, -0.25) is 9.59 Å². The molecule has 6 nitrogen and oxygen atoms in total. The molecule has 0 radical (unpaired) electrons. The van der Waals surface area contributed by atoms with Gasteiger partial charge in [0.15, 0.2) is 0 Å². The van der Waals surface area contributed by atoms with E-state index < -0.39 is 0 Å². The fourth-order valence-electron chi connectivity index (χ4n) is 3.46. The van der Waals surface area contributed by atoms with Crippen molar-refractivity contribution in [2.24, 2.45) is 0 Å². The van der Waals surface area contributed by atoms with Crippen LogP contribution in [0.3, 0.4) is 0 Å². The van der Waals surface area contributed by atoms with E-state index in [1.165, 1.54) is 12.1 Å². The van der Waals surface area contributed by atoms with Gasteiger partial charge in [0.25, 0.3) is 11.8 Å². The molecule has 4 rings (SSSR count). The lowest BCUT2D eigenvalue weighted by Gasteiger charge is -2.11. The molecule has 0 aliphatic rings. The average molecular weight is 425 g/mol. The van der Waals surface area contributed by atoms with Crippen LogP contribution in [0.4, 0.5) is 0 Å². The number of amides is 2. The maximum absolute atomic E-state index is 12.9. The first-order chi connectivity index (χ1) is 15.6. The number of rotatable bonds is 7. The fourth-order valence-corrected chi connectivity index (χ4v) is 3.46. The smallest absolute Gasteiger partial charge is 0.252 e. The van der Waals surface area contributed by atoms with Crippen LogP contribution in [0, 0.1) is 0 Å². The van der Waals surface area contributed by atoms with Crippen LogP contribution in [0.15, 0.2) is 84.9 Å². The van der Waals surface area contributed by atoms with E-state index in [1.54, 1.807) is 12.1 Å². The van der Waals surface area contributed by atoms with Crippen molar-refractivity contribution in [3.05, 3.63) is 96.1 Å². The minimum atomic E-state index is -0.264. The summed E-state index contributed by atoms with van der Waals surface area (Å²) in [6.07, 6.45) is 0.574. The number of nitrogens with one attached hydrogen (secondary N) is 2. The summed E-state index contributed by atoms with van der Waals surface area (Å²) >= 11 is 0. The summed E-state index contributed by atoms with van der Waals surface area (Å²) < 4.78 is 0. The highest BCUT2D eigenvalue weighted by Gasteiger charge is 2.13. The molecule has 0 aliphatic heterocycles. The van der Waals surface area contributed by atoms with Gasteiger partial charge in [0, 0.05) is 29.6 Å². The Balaban J connectivity index is 1.40. The molecule has 4 aromatic rings. The minimum Gasteiger partial charge on any atom is -0.508 e. The molecule has 0 aliphatic carbocycles. The first kappa shape index (κ1) is 21.1. The van der Waals surface area contributed by atoms with E-state index in [4.69, 9.17) is 4.98 Å². The Kier molecular flexibility index (Phi) is 6.41. The predicted molar refractivity (Wildman–Crippen MR) is 125 cm³/mol. The van der Waals surface area contributed by atoms with Crippen LogP contribution in [0.5, 0.6) is 5.75 Å². The summed E-state index contributed by atoms with van der Waals surface area (Å²) in [6.45, 7) is 0.817. The highest BCUT2D eigenvalue weighted by Crippen LogP contribution is 2.24. The Bertz CT molecular complexity index is 1260. The van der Waals surface area contributed by atoms with Crippen molar-refractivity contribution in [2.45, 2.75) is 6.42 Å². The number of aromatic nitrogens is 1. The van der Waals surface area contributed by atoms with E-state index in [9.17, 15) is 14.7 Å². The second-order valence-corrected chi connectivity index (χ2v) is 7.35. The number of phenolic OH excluding ortho intramolecular Hbond substituents is 1. The second-order valence-electron chi connectivity index (χ2n) is 7.35. The lowest BCUT2D eigenvalue weighted by molar-refractivity contribution is 0.0952. The number of carbonyl (C=O) groups is 2. The molecule has 0 bridgehead atoms. The van der Waals surface area contributed by atoms with Crippen molar-refractivity contribution in [3.8, 4) is 17.0 Å². The van der Waals surface area contributed by atoms with Gasteiger partial charge in [-0.15, -0.1) is 0 Å². The highest BCUT2D eigenvalue weighted by molar-refractivity contribution is 6.07. The Labute approximate surface area is 185 Å². The molecule has 32 heavy (non-hydrogen) atoms. The number of benzene rings is 3. The molecule has 1 aromatic heterocycles. The van der Waals surface area contributed by atoms with Crippen molar-refractivity contribution in [2.75, 3.05) is 13.1 Å². The van der Waals surface area contributed by atoms with Gasteiger partial charge in [0.2, 0.25) is 0 Å². The number of phenols is 1. The van der Waals surface area contributed by atoms with Gasteiger partial charge in [0.1, 0.15) is 5.75 Å². The van der Waals surface area contributed by atoms with Gasteiger partial charge in [-0.2, -0.15) is 0 Å². The van der Waals surface area contributed by atoms with E-state index in [1.807, 2.05) is 60.7 Å². The van der Waals surface area contributed by atoms with Gasteiger partial charge >= 0.3 is 0 Å². The molecular weight excluding hydrogens is 402 g/mol. The topological polar surface area (TPSA) is 91.3 Å². The highest BCUT2D eigenvalue weighted by atomic mass is 16.3. The lowest BCUT2D eigenvalue weighted by Crippen LogP contribution is -2.30. The second kappa shape index (κ2) is 9.75. The molecule has 1 heterocycles. The van der Waals surface area contributed by atoms with Crippen LogP contribution in [0.2, 0.25) is 0 Å². The first-order valence-electron chi connectivity index (χ1n) is 10.4. The molecule has 0 fully saturated rings. The molecule has 0 spiro atoms. The van der Waals surface area contributed by atoms with Gasteiger partial charge < -0.3 is 15.7 Å². The largest absolute Gasteiger partial charge is 0.508 e. The SMILES string of the molecule is O=C(NCCCNC(=O)c1cc(-c2ccccc2)nc2ccccc12)c1cccc(O)c1. The molecule has 3 N–H and O–H groups in total. The standard InChI is InChI=1S/C26H23N3O3/c30-20-11-6-10-19(16-20)25(31)27-14-7-15-28-26(32)22-17-24(18-8-2-1-3-9-18)29-23-13-5-4-12-21(22)23/h1-6,8-13,16-17,30H,7,14-15H2,(H,27,31)(H,28,32). The Morgan fingerprint density at radius 3 is 2.28 bits per heavy atom. The minimum absolute atomic E-state index is 0.0457. The number of fused-ring (bicyclic) bond motifs is 1. The van der Waals surface area contributed by atoms with Crippen molar-refractivity contribution in [3.63, 3.8) is 0 Å². The third-order valence-electron chi connectivity index (χ3n) is 5.06. The number of hydrogen-bond donors (Lipinski definition) is 3. The average Bonchev–Trinajstić information content (AvgIpc) is 2.83. The van der Waals surface area contributed by atoms with Crippen LogP contribution >= 0.6 is 0 Å². The molecule has 6 heteroatoms. The third-order valence-corrected chi connectivity index (χ3v) is 5.06. The summed E-state index contributed by atoms with van der Waals surface area (Å²) in [5.41, 5.74) is 3.41. The van der Waals surface area contributed by atoms with Crippen LogP contribution < -0.4 is 10.6 Å². The van der Waals surface area contributed by atoms with Crippen LogP contribution in [0.1, 0.15) is 27.1 Å². The molecule has 2 amide bonds. The molecule has 0 unspecified atom stereocenters. The van der Waals surface area contributed by atoms with E-state index in [2.05, 4.69) is 10.6 Å². The zero-order valence-electron chi connectivity index (χ0n) is 17.4. The maximum atomic E-state index is 12.9. The Morgan fingerprint density at radius 2 is 1.50 bits per heavy atom. The first-order valence-corrected chi connectivity index (χ1v) is 10.4. The van der Waals surface area contributed by atoms with E-state index in [-0.39, 0.29) is 17.6 Å². The normalized spacial score (nSPS) is 10.6. The van der Waals surface area contributed by atoms with Crippen LogP contribution in [0.25, 0.3) is 22.2 Å². The van der Waals surface area contributed by atoms with Crippen LogP contribution in [-0.4, -0.2) is 35.0 Å². The maximum Gasteiger partial charge on any atom is 0.252 e. The summed E-state index contributed by atoms with van der Waals surface area (Å²) in [7, 11) is 0. The lowest BCUT2D eigenvalue weighted by atomic mass is 10.0. The zero-order valence-corrected chi connectivity index (χ0v) is 17.4. The number of nitrogens with zero attached hydrogens (tertiary/aromatic N) is 1. The Hall–Kier alpha value is -4.19. The fraction of sp³-hybridized carbons (Fsp3) is 0.115. The summed E-state index contributed by atoms with van der Waals surface area (Å²) in [5.74, 6) is -0.399. The number of pyridine rings is 1. The number of para-hydroxylation sites is 1. The van der Waals surface area contributed by atoms with E-state index in [0.717, 1.165) is 22.2 Å². The van der Waals surface area contributed by atoms with Crippen molar-refractivity contribution in [1.29, 1.82) is 0 Å². The molecule has 0 atom stereocenters. The summed E-state index contributed by atoms with van der Waals surface area (Å²) in [4.78, 5) is 29.8. The quantitative estimate of drug-likeness (QED) is 0.388. The molecule has 160 valence electrons. The van der Waals surface area contributed by atoms with Crippen LogP contribution in [-0.2, 0) is 0 Å². The van der Waals surface area contributed by atoms with E-state index >= 15 is 0 Å². The molecule has 0 saturated carbocycles. The Morgan fingerprint density at radius 1 is 0.781 bits per heavy atom. The van der Waals surface area contributed by atoms with Gasteiger partial charge in [-0.1, -0.05) is 54.6 Å². The molecule has 0 saturated heterocycles. The number of hydrogen-bond acceptors (Lipinski definition) is 4. The summed E-state index contributed by atoms with van der Waals surface area (Å²) in [6, 6.07) is 25.3. The van der Waals surface area contributed by atoms with Crippen molar-refractivity contribution >= 4 is 22.7 Å². The van der Waals surface area contributed by atoms with Crippen molar-refractivity contribution in [1.82, 2.24) is 15.6 Å². The third kappa shape index (κ3) is 4.92. The predicted octanol–water partition coefficient (Wildman–Crippen LogP) is 4.16. The van der Waals surface area contributed by atoms with Crippen molar-refractivity contribution < 1.29 is 14.7 Å². The van der Waals surface area contributed by atoms with Gasteiger partial charge in [-0.25, -0.2) is 4.98 Å². The number of carbonyl (C=O) groups excluding carboxylic acids is 2.